The van der Waals surface area contributed by atoms with Gasteiger partial charge in [0.25, 0.3) is 0 Å². The highest BCUT2D eigenvalue weighted by Crippen LogP contribution is 2.63. The molecule has 0 saturated heterocycles. The lowest BCUT2D eigenvalue weighted by molar-refractivity contribution is -0.249. The van der Waals surface area contributed by atoms with E-state index in [2.05, 4.69) is 4.74 Å². The van der Waals surface area contributed by atoms with E-state index in [0.717, 1.165) is 6.92 Å². The minimum atomic E-state index is -4.47. The van der Waals surface area contributed by atoms with Crippen molar-refractivity contribution in [3.8, 4) is 0 Å². The fourth-order valence-electron chi connectivity index (χ4n) is 3.03. The predicted octanol–water partition coefficient (Wildman–Crippen LogP) is 3.99. The lowest BCUT2D eigenvalue weighted by Gasteiger charge is -2.38. The Morgan fingerprint density at radius 3 is 2.05 bits per heavy atom. The van der Waals surface area contributed by atoms with Gasteiger partial charge in [-0.25, -0.2) is 0 Å². The average Bonchev–Trinajstić information content (AvgIpc) is 2.74. The molecule has 0 aromatic rings. The van der Waals surface area contributed by atoms with Gasteiger partial charge in [-0.3, -0.25) is 4.79 Å². The first-order valence-electron chi connectivity index (χ1n) is 7.00. The van der Waals surface area contributed by atoms with E-state index in [0.29, 0.717) is 0 Å². The van der Waals surface area contributed by atoms with E-state index in [1.54, 1.807) is 33.5 Å². The lowest BCUT2D eigenvalue weighted by Crippen LogP contribution is -2.51. The van der Waals surface area contributed by atoms with Crippen LogP contribution < -0.4 is 0 Å². The first-order valence-corrected chi connectivity index (χ1v) is 10.4. The summed E-state index contributed by atoms with van der Waals surface area (Å²) in [5.41, 5.74) is -2.70. The van der Waals surface area contributed by atoms with Gasteiger partial charge in [-0.05, 0) is 44.3 Å². The Bertz CT molecular complexity index is 415. The number of halogens is 3. The largest absolute Gasteiger partial charge is 0.469 e. The van der Waals surface area contributed by atoms with Crippen LogP contribution in [0.4, 0.5) is 13.2 Å². The highest BCUT2D eigenvalue weighted by Gasteiger charge is 2.67. The molecule has 7 heteroatoms. The topological polar surface area (TPSA) is 35.5 Å². The number of rotatable bonds is 5. The molecule has 1 saturated carbocycles. The molecular formula is C14H25F3O3Si. The maximum atomic E-state index is 13.5. The third-order valence-corrected chi connectivity index (χ3v) is 5.31. The molecule has 3 nitrogen and oxygen atoms in total. The van der Waals surface area contributed by atoms with Gasteiger partial charge in [0.05, 0.1) is 13.0 Å². The van der Waals surface area contributed by atoms with Gasteiger partial charge in [0.15, 0.2) is 8.32 Å². The molecule has 1 aliphatic rings. The Balaban J connectivity index is 2.97. The van der Waals surface area contributed by atoms with Crippen molar-refractivity contribution in [2.45, 2.75) is 58.6 Å². The monoisotopic (exact) mass is 326 g/mol. The van der Waals surface area contributed by atoms with Crippen molar-refractivity contribution >= 4 is 14.3 Å². The fourth-order valence-corrected chi connectivity index (χ4v) is 4.58. The van der Waals surface area contributed by atoms with Crippen molar-refractivity contribution < 1.29 is 27.1 Å². The number of carbonyl (C=O) groups excluding carboxylic acids is 1. The summed E-state index contributed by atoms with van der Waals surface area (Å²) in [7, 11) is -1.12. The first kappa shape index (κ1) is 18.5. The minimum Gasteiger partial charge on any atom is -0.469 e. The summed E-state index contributed by atoms with van der Waals surface area (Å²) in [6, 6.07) is 0. The molecule has 3 unspecified atom stereocenters. The van der Waals surface area contributed by atoms with Crippen LogP contribution in [0.1, 0.15) is 27.2 Å². The summed E-state index contributed by atoms with van der Waals surface area (Å²) in [4.78, 5) is 11.7. The second-order valence-electron chi connectivity index (χ2n) is 7.58. The number of hydrogen-bond donors (Lipinski definition) is 0. The van der Waals surface area contributed by atoms with Crippen molar-refractivity contribution in [2.75, 3.05) is 7.11 Å². The maximum Gasteiger partial charge on any atom is 0.416 e. The molecule has 0 heterocycles. The third kappa shape index (κ3) is 3.80. The highest BCUT2D eigenvalue weighted by atomic mass is 28.4. The third-order valence-electron chi connectivity index (χ3n) is 4.25. The van der Waals surface area contributed by atoms with Gasteiger partial charge < -0.3 is 9.16 Å². The van der Waals surface area contributed by atoms with Gasteiger partial charge >= 0.3 is 12.1 Å². The van der Waals surface area contributed by atoms with E-state index in [1.807, 2.05) is 0 Å². The Kier molecular flexibility index (Phi) is 4.63. The molecule has 3 atom stereocenters. The van der Waals surface area contributed by atoms with Gasteiger partial charge in [-0.15, -0.1) is 0 Å². The van der Waals surface area contributed by atoms with Crippen molar-refractivity contribution in [1.29, 1.82) is 0 Å². The minimum absolute atomic E-state index is 0.215. The molecule has 21 heavy (non-hydrogen) atoms. The van der Waals surface area contributed by atoms with Crippen molar-refractivity contribution in [1.82, 2.24) is 0 Å². The van der Waals surface area contributed by atoms with Gasteiger partial charge in [0.1, 0.15) is 5.60 Å². The molecule has 0 N–H and O–H groups in total. The van der Waals surface area contributed by atoms with Crippen molar-refractivity contribution in [2.24, 2.45) is 17.3 Å². The van der Waals surface area contributed by atoms with Gasteiger partial charge in [0.2, 0.25) is 0 Å². The highest BCUT2D eigenvalue weighted by molar-refractivity contribution is 6.69. The Labute approximate surface area is 125 Å². The van der Waals surface area contributed by atoms with Crippen LogP contribution in [-0.4, -0.2) is 33.2 Å². The molecule has 0 aliphatic heterocycles. The van der Waals surface area contributed by atoms with Crippen LogP contribution in [0, 0.1) is 17.3 Å². The Morgan fingerprint density at radius 2 is 1.71 bits per heavy atom. The first-order chi connectivity index (χ1) is 9.16. The molecule has 1 fully saturated rings. The molecule has 0 aromatic heterocycles. The molecule has 1 aliphatic carbocycles. The van der Waals surface area contributed by atoms with Gasteiger partial charge in [0, 0.05) is 0 Å². The van der Waals surface area contributed by atoms with Crippen LogP contribution in [0.25, 0.3) is 0 Å². The second kappa shape index (κ2) is 5.26. The summed E-state index contributed by atoms with van der Waals surface area (Å²) >= 11 is 0. The predicted molar refractivity (Wildman–Crippen MR) is 76.3 cm³/mol. The maximum absolute atomic E-state index is 13.5. The lowest BCUT2D eigenvalue weighted by atomic mass is 9.95. The quantitative estimate of drug-likeness (QED) is 0.566. The Hall–Kier alpha value is -0.563. The number of hydrogen-bond acceptors (Lipinski definition) is 3. The second-order valence-corrected chi connectivity index (χ2v) is 12.0. The molecule has 0 amide bonds. The van der Waals surface area contributed by atoms with Crippen LogP contribution >= 0.6 is 0 Å². The molecule has 124 valence electrons. The van der Waals surface area contributed by atoms with Crippen LogP contribution in [0.2, 0.25) is 19.6 Å². The summed E-state index contributed by atoms with van der Waals surface area (Å²) in [6.07, 6.45) is -4.68. The van der Waals surface area contributed by atoms with E-state index < -0.39 is 37.4 Å². The van der Waals surface area contributed by atoms with Gasteiger partial charge in [-0.2, -0.15) is 13.2 Å². The van der Waals surface area contributed by atoms with E-state index in [4.69, 9.17) is 4.43 Å². The zero-order valence-electron chi connectivity index (χ0n) is 13.7. The number of alkyl halides is 3. The SMILES string of the molecule is COC(=O)C1C(CC(C)(O[Si](C)(C)C)C(F)(F)F)C1(C)C. The molecule has 0 spiro atoms. The molecular weight excluding hydrogens is 301 g/mol. The number of ether oxygens (including phenoxy) is 1. The van der Waals surface area contributed by atoms with Crippen molar-refractivity contribution in [3.63, 3.8) is 0 Å². The zero-order valence-corrected chi connectivity index (χ0v) is 14.7. The molecule has 0 aromatic carbocycles. The van der Waals surface area contributed by atoms with E-state index >= 15 is 0 Å². The summed E-state index contributed by atoms with van der Waals surface area (Å²) in [5.74, 6) is -1.31. The van der Waals surface area contributed by atoms with Crippen LogP contribution in [0.5, 0.6) is 0 Å². The number of methoxy groups -OCH3 is 1. The van der Waals surface area contributed by atoms with Crippen LogP contribution in [0.15, 0.2) is 0 Å². The standard InChI is InChI=1S/C14H25F3O3Si/c1-12(2)9(10(12)11(18)19-4)8-13(3,14(15,16)17)20-21(5,6)7/h9-10H,8H2,1-7H3. The fraction of sp³-hybridized carbons (Fsp3) is 0.929. The smallest absolute Gasteiger partial charge is 0.416 e. The molecule has 0 radical (unpaired) electrons. The summed E-state index contributed by atoms with van der Waals surface area (Å²) in [6.45, 7) is 9.87. The number of carbonyl (C=O) groups is 1. The van der Waals surface area contributed by atoms with Gasteiger partial charge in [-0.1, -0.05) is 13.8 Å². The molecule has 0 bridgehead atoms. The zero-order chi connectivity index (χ0) is 16.9. The van der Waals surface area contributed by atoms with Crippen LogP contribution in [-0.2, 0) is 14.0 Å². The normalized spacial score (nSPS) is 27.9. The van der Waals surface area contributed by atoms with Crippen molar-refractivity contribution in [3.05, 3.63) is 0 Å². The van der Waals surface area contributed by atoms with E-state index in [1.165, 1.54) is 7.11 Å². The van der Waals surface area contributed by atoms with E-state index in [9.17, 15) is 18.0 Å². The average molecular weight is 326 g/mol. The molecule has 1 rings (SSSR count). The van der Waals surface area contributed by atoms with E-state index in [-0.39, 0.29) is 12.3 Å². The summed E-state index contributed by atoms with van der Waals surface area (Å²) < 4.78 is 50.5. The number of esters is 1. The Morgan fingerprint density at radius 1 is 1.24 bits per heavy atom. The summed E-state index contributed by atoms with van der Waals surface area (Å²) in [5, 5.41) is 0. The van der Waals surface area contributed by atoms with Crippen LogP contribution in [0.3, 0.4) is 0 Å².